The Kier molecular flexibility index (Phi) is 4.97. The summed E-state index contributed by atoms with van der Waals surface area (Å²) in [6.45, 7) is 4.41. The Morgan fingerprint density at radius 3 is 2.65 bits per heavy atom. The van der Waals surface area contributed by atoms with Crippen LogP contribution in [0.15, 0.2) is 30.5 Å². The third kappa shape index (κ3) is 3.29. The molecule has 0 aliphatic heterocycles. The van der Waals surface area contributed by atoms with Crippen molar-refractivity contribution in [3.05, 3.63) is 63.1 Å². The Hall–Kier alpha value is -1.16. The van der Waals surface area contributed by atoms with Gasteiger partial charge in [0.2, 0.25) is 0 Å². The third-order valence-electron chi connectivity index (χ3n) is 3.05. The van der Waals surface area contributed by atoms with Gasteiger partial charge in [-0.25, -0.2) is 4.39 Å². The molecule has 2 aromatic rings. The van der Waals surface area contributed by atoms with Crippen LogP contribution in [0.3, 0.4) is 0 Å². The first-order valence-electron chi connectivity index (χ1n) is 6.33. The molecule has 2 nitrogen and oxygen atoms in total. The van der Waals surface area contributed by atoms with E-state index in [1.54, 1.807) is 19.1 Å². The van der Waals surface area contributed by atoms with E-state index in [0.717, 1.165) is 5.56 Å². The molecule has 1 unspecified atom stereocenters. The molecule has 0 saturated heterocycles. The number of halogens is 3. The maximum atomic E-state index is 13.8. The summed E-state index contributed by atoms with van der Waals surface area (Å²) in [6, 6.07) is 6.51. The van der Waals surface area contributed by atoms with Crippen LogP contribution in [0.2, 0.25) is 10.0 Å². The molecule has 2 rings (SSSR count). The predicted molar refractivity (Wildman–Crippen MR) is 80.9 cm³/mol. The normalized spacial score (nSPS) is 12.4. The van der Waals surface area contributed by atoms with E-state index < -0.39 is 0 Å². The Balaban J connectivity index is 2.47. The second-order valence-electron chi connectivity index (χ2n) is 4.52. The minimum Gasteiger partial charge on any atom is -0.305 e. The predicted octanol–water partition coefficient (Wildman–Crippen LogP) is 4.53. The second-order valence-corrected chi connectivity index (χ2v) is 5.36. The van der Waals surface area contributed by atoms with Gasteiger partial charge in [0.05, 0.1) is 21.8 Å². The van der Waals surface area contributed by atoms with E-state index in [4.69, 9.17) is 23.2 Å². The lowest BCUT2D eigenvalue weighted by Crippen LogP contribution is -2.23. The Morgan fingerprint density at radius 1 is 1.30 bits per heavy atom. The van der Waals surface area contributed by atoms with Crippen molar-refractivity contribution in [3.63, 3.8) is 0 Å². The number of benzene rings is 1. The van der Waals surface area contributed by atoms with Gasteiger partial charge in [-0.05, 0) is 36.7 Å². The second kappa shape index (κ2) is 6.53. The molecule has 0 saturated carbocycles. The van der Waals surface area contributed by atoms with Crippen molar-refractivity contribution >= 4 is 23.2 Å². The van der Waals surface area contributed by atoms with Crippen LogP contribution in [0.25, 0.3) is 0 Å². The number of aromatic nitrogens is 1. The number of nitrogens with zero attached hydrogens (tertiary/aromatic N) is 1. The number of pyridine rings is 1. The molecule has 0 radical (unpaired) electrons. The molecular formula is C15H15Cl2FN2. The molecule has 1 aromatic carbocycles. The molecule has 1 N–H and O–H groups in total. The fraction of sp³-hybridized carbons (Fsp3) is 0.267. The molecule has 0 amide bonds. The molecule has 0 spiro atoms. The first-order chi connectivity index (χ1) is 9.52. The van der Waals surface area contributed by atoms with Crippen LogP contribution in [0, 0.1) is 12.7 Å². The zero-order valence-corrected chi connectivity index (χ0v) is 12.8. The van der Waals surface area contributed by atoms with Gasteiger partial charge in [0, 0.05) is 6.20 Å². The Morgan fingerprint density at radius 2 is 2.05 bits per heavy atom. The van der Waals surface area contributed by atoms with Gasteiger partial charge in [0.25, 0.3) is 0 Å². The fourth-order valence-corrected chi connectivity index (χ4v) is 2.49. The van der Waals surface area contributed by atoms with Gasteiger partial charge in [0.15, 0.2) is 0 Å². The molecule has 1 aromatic heterocycles. The van der Waals surface area contributed by atoms with Gasteiger partial charge >= 0.3 is 0 Å². The van der Waals surface area contributed by atoms with Gasteiger partial charge in [-0.2, -0.15) is 0 Å². The highest BCUT2D eigenvalue weighted by atomic mass is 35.5. The highest BCUT2D eigenvalue weighted by Gasteiger charge is 2.18. The van der Waals surface area contributed by atoms with Crippen LogP contribution in [0.5, 0.6) is 0 Å². The van der Waals surface area contributed by atoms with Crippen molar-refractivity contribution in [1.29, 1.82) is 0 Å². The van der Waals surface area contributed by atoms with Crippen molar-refractivity contribution < 1.29 is 4.39 Å². The minimum absolute atomic E-state index is 0.240. The lowest BCUT2D eigenvalue weighted by molar-refractivity contribution is 0.591. The van der Waals surface area contributed by atoms with E-state index in [-0.39, 0.29) is 11.9 Å². The summed E-state index contributed by atoms with van der Waals surface area (Å²) in [5.74, 6) is -0.240. The largest absolute Gasteiger partial charge is 0.305 e. The molecule has 106 valence electrons. The fourth-order valence-electron chi connectivity index (χ4n) is 2.00. The number of hydrogen-bond acceptors (Lipinski definition) is 2. The van der Waals surface area contributed by atoms with Crippen molar-refractivity contribution in [2.75, 3.05) is 6.54 Å². The van der Waals surface area contributed by atoms with Gasteiger partial charge in [0.1, 0.15) is 5.82 Å². The third-order valence-corrected chi connectivity index (χ3v) is 3.56. The summed E-state index contributed by atoms with van der Waals surface area (Å²) >= 11 is 12.1. The van der Waals surface area contributed by atoms with Crippen LogP contribution in [0.1, 0.15) is 29.8 Å². The maximum Gasteiger partial charge on any atom is 0.126 e. The van der Waals surface area contributed by atoms with Crippen molar-refractivity contribution in [2.45, 2.75) is 19.9 Å². The van der Waals surface area contributed by atoms with E-state index in [9.17, 15) is 4.39 Å². The maximum absolute atomic E-state index is 13.8. The molecule has 1 heterocycles. The number of nitrogens with one attached hydrogen (secondary N) is 1. The van der Waals surface area contributed by atoms with E-state index in [0.29, 0.717) is 27.8 Å². The summed E-state index contributed by atoms with van der Waals surface area (Å²) in [5, 5.41) is 4.20. The Bertz CT molecular complexity index is 617. The van der Waals surface area contributed by atoms with Crippen LogP contribution in [0.4, 0.5) is 4.39 Å². The molecule has 0 bridgehead atoms. The molecule has 5 heteroatoms. The number of aryl methyl sites for hydroxylation is 1. The quantitative estimate of drug-likeness (QED) is 0.896. The van der Waals surface area contributed by atoms with E-state index in [1.807, 2.05) is 13.0 Å². The molecule has 20 heavy (non-hydrogen) atoms. The van der Waals surface area contributed by atoms with Gasteiger partial charge in [-0.3, -0.25) is 4.98 Å². The average Bonchev–Trinajstić information content (AvgIpc) is 2.40. The Labute approximate surface area is 127 Å². The summed E-state index contributed by atoms with van der Waals surface area (Å²) in [7, 11) is 0. The van der Waals surface area contributed by atoms with E-state index in [2.05, 4.69) is 10.3 Å². The van der Waals surface area contributed by atoms with Crippen molar-refractivity contribution in [1.82, 2.24) is 10.3 Å². The van der Waals surface area contributed by atoms with Crippen molar-refractivity contribution in [3.8, 4) is 0 Å². The topological polar surface area (TPSA) is 24.9 Å². The van der Waals surface area contributed by atoms with Gasteiger partial charge in [-0.1, -0.05) is 42.3 Å². The summed E-state index contributed by atoms with van der Waals surface area (Å²) in [6.07, 6.45) is 1.54. The zero-order chi connectivity index (χ0) is 14.7. The van der Waals surface area contributed by atoms with E-state index >= 15 is 0 Å². The van der Waals surface area contributed by atoms with Crippen molar-refractivity contribution in [2.24, 2.45) is 0 Å². The monoisotopic (exact) mass is 312 g/mol. The smallest absolute Gasteiger partial charge is 0.126 e. The average molecular weight is 313 g/mol. The first kappa shape index (κ1) is 15.2. The number of hydrogen-bond donors (Lipinski definition) is 1. The molecule has 0 aliphatic rings. The van der Waals surface area contributed by atoms with Gasteiger partial charge < -0.3 is 5.32 Å². The van der Waals surface area contributed by atoms with E-state index in [1.165, 1.54) is 12.3 Å². The highest BCUT2D eigenvalue weighted by Crippen LogP contribution is 2.29. The molecule has 0 fully saturated rings. The highest BCUT2D eigenvalue weighted by molar-refractivity contribution is 6.34. The van der Waals surface area contributed by atoms with Gasteiger partial charge in [-0.15, -0.1) is 0 Å². The van der Waals surface area contributed by atoms with Crippen LogP contribution < -0.4 is 5.32 Å². The summed E-state index contributed by atoms with van der Waals surface area (Å²) in [4.78, 5) is 4.28. The minimum atomic E-state index is -0.264. The molecular weight excluding hydrogens is 298 g/mol. The summed E-state index contributed by atoms with van der Waals surface area (Å²) < 4.78 is 13.8. The zero-order valence-electron chi connectivity index (χ0n) is 11.3. The lowest BCUT2D eigenvalue weighted by Gasteiger charge is -2.19. The molecule has 0 aliphatic carbocycles. The van der Waals surface area contributed by atoms with Crippen LogP contribution in [-0.2, 0) is 0 Å². The first-order valence-corrected chi connectivity index (χ1v) is 7.09. The summed E-state index contributed by atoms with van der Waals surface area (Å²) in [5.41, 5.74) is 2.03. The lowest BCUT2D eigenvalue weighted by atomic mass is 10.0. The van der Waals surface area contributed by atoms with Crippen LogP contribution >= 0.6 is 23.2 Å². The number of rotatable bonds is 4. The van der Waals surface area contributed by atoms with Crippen LogP contribution in [-0.4, -0.2) is 11.5 Å². The SMILES string of the molecule is CCNC(c1ccc(C)c(F)c1)c1ncc(Cl)cc1Cl. The molecule has 1 atom stereocenters. The standard InChI is InChI=1S/C15H15Cl2FN2/c1-3-19-14(10-5-4-9(2)13(18)6-10)15-12(17)7-11(16)8-20-15/h4-8,14,19H,3H2,1-2H3.